The topological polar surface area (TPSA) is 134 Å². The maximum atomic E-state index is 10.7. The molecule has 0 fully saturated rings. The Bertz CT molecular complexity index is 595. The van der Waals surface area contributed by atoms with E-state index in [1.54, 1.807) is 0 Å². The number of ether oxygens (including phenoxy) is 1. The predicted molar refractivity (Wildman–Crippen MR) is 125 cm³/mol. The smallest absolute Gasteiger partial charge is 0.167 e. The van der Waals surface area contributed by atoms with Crippen LogP contribution < -0.4 is 10.6 Å². The summed E-state index contributed by atoms with van der Waals surface area (Å²) in [4.78, 5) is 0. The van der Waals surface area contributed by atoms with Crippen LogP contribution in [0.25, 0.3) is 0 Å². The molecule has 0 bridgehead atoms. The first kappa shape index (κ1) is 28.2. The zero-order valence-electron chi connectivity index (χ0n) is 19.6. The van der Waals surface area contributed by atoms with E-state index in [1.165, 1.54) is 12.2 Å². The average molecular weight is 463 g/mol. The molecule has 7 N–H and O–H groups in total. The van der Waals surface area contributed by atoms with Crippen LogP contribution in [0.3, 0.4) is 0 Å². The summed E-state index contributed by atoms with van der Waals surface area (Å²) in [6.45, 7) is 12.3. The highest BCUT2D eigenvalue weighted by Crippen LogP contribution is 2.26. The van der Waals surface area contributed by atoms with Crippen molar-refractivity contribution in [3.63, 3.8) is 0 Å². The van der Waals surface area contributed by atoms with Gasteiger partial charge in [-0.25, -0.2) is 0 Å². The maximum absolute atomic E-state index is 10.7. The van der Waals surface area contributed by atoms with Gasteiger partial charge in [-0.1, -0.05) is 39.8 Å². The lowest BCUT2D eigenvalue weighted by molar-refractivity contribution is -0.113. The first-order valence-electron chi connectivity index (χ1n) is 10.9. The van der Waals surface area contributed by atoms with Crippen LogP contribution in [0.2, 0.25) is 0 Å². The molecular weight excluding hydrogens is 420 g/mol. The standard InChI is InChI=1S/C22H42N2O6S/c1-7-13(25)10-16(27)14(11-30-17-9-8-15(26)18(28)19(17)29)23-20(31)24-22(5,6)12-21(2,3)4/h8-9,13-19,25-29H,7,10-12H2,1-6H3,(H2,23,24,31). The number of aliphatic hydroxyl groups is 5. The Morgan fingerprint density at radius 3 is 2.23 bits per heavy atom. The van der Waals surface area contributed by atoms with Crippen LogP contribution in [-0.2, 0) is 4.74 Å². The van der Waals surface area contributed by atoms with Crippen LogP contribution in [0.5, 0.6) is 0 Å². The van der Waals surface area contributed by atoms with Crippen LogP contribution >= 0.6 is 12.2 Å². The molecule has 9 heteroatoms. The fourth-order valence-corrected chi connectivity index (χ4v) is 4.38. The second-order valence-corrected chi connectivity index (χ2v) is 10.8. The van der Waals surface area contributed by atoms with Gasteiger partial charge in [-0.05, 0) is 44.3 Å². The Hall–Kier alpha value is -0.810. The molecule has 0 aromatic rings. The van der Waals surface area contributed by atoms with Crippen molar-refractivity contribution < 1.29 is 30.3 Å². The van der Waals surface area contributed by atoms with E-state index in [2.05, 4.69) is 31.4 Å². The SMILES string of the molecule is CCC(O)CC(O)C(COC1C=CC(O)C(O)C1O)NC(=S)NC(C)(C)CC(C)(C)C. The molecule has 0 spiro atoms. The van der Waals surface area contributed by atoms with Gasteiger partial charge in [0.1, 0.15) is 24.4 Å². The summed E-state index contributed by atoms with van der Waals surface area (Å²) < 4.78 is 5.72. The number of thiocarbonyl (C=S) groups is 1. The third kappa shape index (κ3) is 10.1. The van der Waals surface area contributed by atoms with E-state index >= 15 is 0 Å². The minimum absolute atomic E-state index is 0.0337. The molecule has 1 aliphatic carbocycles. The van der Waals surface area contributed by atoms with Crippen molar-refractivity contribution in [2.75, 3.05) is 6.61 Å². The van der Waals surface area contributed by atoms with Gasteiger partial charge in [0.25, 0.3) is 0 Å². The quantitative estimate of drug-likeness (QED) is 0.184. The molecule has 7 unspecified atom stereocenters. The van der Waals surface area contributed by atoms with Gasteiger partial charge in [-0.3, -0.25) is 0 Å². The number of nitrogens with one attached hydrogen (secondary N) is 2. The molecule has 0 aromatic heterocycles. The molecule has 1 aliphatic rings. The molecule has 31 heavy (non-hydrogen) atoms. The van der Waals surface area contributed by atoms with Gasteiger partial charge in [-0.2, -0.15) is 0 Å². The van der Waals surface area contributed by atoms with Crippen molar-refractivity contribution in [1.82, 2.24) is 10.6 Å². The Balaban J connectivity index is 2.82. The number of hydrogen-bond acceptors (Lipinski definition) is 7. The van der Waals surface area contributed by atoms with E-state index in [9.17, 15) is 25.5 Å². The highest BCUT2D eigenvalue weighted by atomic mass is 32.1. The van der Waals surface area contributed by atoms with Crippen LogP contribution in [0.1, 0.15) is 60.8 Å². The van der Waals surface area contributed by atoms with Gasteiger partial charge in [0.2, 0.25) is 0 Å². The fraction of sp³-hybridized carbons (Fsp3) is 0.864. The van der Waals surface area contributed by atoms with E-state index < -0.39 is 42.7 Å². The summed E-state index contributed by atoms with van der Waals surface area (Å²) in [5.41, 5.74) is -0.196. The summed E-state index contributed by atoms with van der Waals surface area (Å²) in [6, 6.07) is -0.656. The normalized spacial score (nSPS) is 27.5. The zero-order chi connectivity index (χ0) is 24.0. The summed E-state index contributed by atoms with van der Waals surface area (Å²) in [5.74, 6) is 0. The van der Waals surface area contributed by atoms with Gasteiger partial charge in [0.15, 0.2) is 5.11 Å². The van der Waals surface area contributed by atoms with E-state index in [0.717, 1.165) is 6.42 Å². The van der Waals surface area contributed by atoms with Crippen LogP contribution in [0.15, 0.2) is 12.2 Å². The first-order valence-corrected chi connectivity index (χ1v) is 11.3. The molecule has 0 aliphatic heterocycles. The number of hydrogen-bond donors (Lipinski definition) is 7. The molecule has 1 rings (SSSR count). The van der Waals surface area contributed by atoms with Gasteiger partial charge in [-0.15, -0.1) is 0 Å². The van der Waals surface area contributed by atoms with E-state index in [1.807, 2.05) is 20.8 Å². The molecule has 0 heterocycles. The molecule has 182 valence electrons. The summed E-state index contributed by atoms with van der Waals surface area (Å²) in [6.07, 6.45) is -1.94. The van der Waals surface area contributed by atoms with Crippen molar-refractivity contribution in [2.24, 2.45) is 5.41 Å². The molecule has 0 aromatic carbocycles. The Morgan fingerprint density at radius 1 is 1.06 bits per heavy atom. The predicted octanol–water partition coefficient (Wildman–Crippen LogP) is 0.594. The lowest BCUT2D eigenvalue weighted by Crippen LogP contribution is -2.56. The summed E-state index contributed by atoms with van der Waals surface area (Å²) in [5, 5.41) is 56.9. The zero-order valence-corrected chi connectivity index (χ0v) is 20.4. The molecule has 0 radical (unpaired) electrons. The molecule has 0 amide bonds. The van der Waals surface area contributed by atoms with Crippen molar-refractivity contribution in [1.29, 1.82) is 0 Å². The van der Waals surface area contributed by atoms with Crippen molar-refractivity contribution in [3.8, 4) is 0 Å². The lowest BCUT2D eigenvalue weighted by atomic mass is 9.82. The Morgan fingerprint density at radius 2 is 1.68 bits per heavy atom. The molecular formula is C22H42N2O6S. The molecule has 7 atom stereocenters. The van der Waals surface area contributed by atoms with Gasteiger partial charge >= 0.3 is 0 Å². The van der Waals surface area contributed by atoms with E-state index in [-0.39, 0.29) is 24.0 Å². The van der Waals surface area contributed by atoms with E-state index in [4.69, 9.17) is 17.0 Å². The third-order valence-electron chi connectivity index (χ3n) is 5.19. The highest BCUT2D eigenvalue weighted by molar-refractivity contribution is 7.80. The molecule has 0 saturated carbocycles. The largest absolute Gasteiger partial charge is 0.393 e. The minimum Gasteiger partial charge on any atom is -0.393 e. The second-order valence-electron chi connectivity index (χ2n) is 10.3. The number of rotatable bonds is 10. The van der Waals surface area contributed by atoms with Crippen molar-refractivity contribution >= 4 is 17.3 Å². The maximum Gasteiger partial charge on any atom is 0.167 e. The Labute approximate surface area is 191 Å². The number of aliphatic hydroxyl groups excluding tert-OH is 5. The summed E-state index contributed by atoms with van der Waals surface area (Å²) >= 11 is 5.47. The van der Waals surface area contributed by atoms with Crippen molar-refractivity contribution in [2.45, 2.75) is 109 Å². The molecule has 0 saturated heterocycles. The average Bonchev–Trinajstić information content (AvgIpc) is 2.61. The Kier molecular flexibility index (Phi) is 10.8. The third-order valence-corrected chi connectivity index (χ3v) is 5.41. The first-order chi connectivity index (χ1) is 14.1. The fourth-order valence-electron chi connectivity index (χ4n) is 3.96. The van der Waals surface area contributed by atoms with E-state index in [0.29, 0.717) is 11.5 Å². The van der Waals surface area contributed by atoms with Crippen LogP contribution in [-0.4, -0.2) is 85.5 Å². The van der Waals surface area contributed by atoms with Crippen LogP contribution in [0, 0.1) is 5.41 Å². The second kappa shape index (κ2) is 11.9. The van der Waals surface area contributed by atoms with Crippen molar-refractivity contribution in [3.05, 3.63) is 12.2 Å². The lowest BCUT2D eigenvalue weighted by Gasteiger charge is -2.36. The van der Waals surface area contributed by atoms with Gasteiger partial charge in [0, 0.05) is 12.0 Å². The highest BCUT2D eigenvalue weighted by Gasteiger charge is 2.35. The monoisotopic (exact) mass is 462 g/mol. The summed E-state index contributed by atoms with van der Waals surface area (Å²) in [7, 11) is 0. The minimum atomic E-state index is -1.35. The van der Waals surface area contributed by atoms with Gasteiger partial charge in [0.05, 0.1) is 24.9 Å². The molecule has 8 nitrogen and oxygen atoms in total. The van der Waals surface area contributed by atoms with Crippen LogP contribution in [0.4, 0.5) is 0 Å². The van der Waals surface area contributed by atoms with Gasteiger partial charge < -0.3 is 40.9 Å².